The van der Waals surface area contributed by atoms with E-state index >= 15 is 0 Å². The highest BCUT2D eigenvalue weighted by molar-refractivity contribution is 6.31. The molecule has 0 radical (unpaired) electrons. The van der Waals surface area contributed by atoms with E-state index < -0.39 is 0 Å². The van der Waals surface area contributed by atoms with E-state index in [-0.39, 0.29) is 5.54 Å². The highest BCUT2D eigenvalue weighted by Crippen LogP contribution is 2.15. The Labute approximate surface area is 103 Å². The van der Waals surface area contributed by atoms with Crippen LogP contribution >= 0.6 is 11.6 Å². The van der Waals surface area contributed by atoms with Gasteiger partial charge in [-0.1, -0.05) is 29.8 Å². The number of nitrogens with one attached hydrogen (secondary N) is 1. The van der Waals surface area contributed by atoms with Crippen molar-refractivity contribution in [2.75, 3.05) is 13.2 Å². The third-order valence-corrected chi connectivity index (χ3v) is 2.49. The molecule has 1 rings (SSSR count). The average Bonchev–Trinajstić information content (AvgIpc) is 2.18. The summed E-state index contributed by atoms with van der Waals surface area (Å²) in [5, 5.41) is 4.13. The van der Waals surface area contributed by atoms with Crippen molar-refractivity contribution in [2.24, 2.45) is 0 Å². The lowest BCUT2D eigenvalue weighted by Gasteiger charge is -2.20. The topological polar surface area (TPSA) is 21.3 Å². The van der Waals surface area contributed by atoms with Crippen molar-refractivity contribution in [2.45, 2.75) is 32.9 Å². The molecule has 0 fully saturated rings. The summed E-state index contributed by atoms with van der Waals surface area (Å²) in [7, 11) is 0. The maximum atomic E-state index is 6.01. The van der Waals surface area contributed by atoms with Crippen LogP contribution in [0.15, 0.2) is 24.3 Å². The third-order valence-electron chi connectivity index (χ3n) is 2.12. The van der Waals surface area contributed by atoms with Gasteiger partial charge in [0, 0.05) is 17.1 Å². The Bertz CT molecular complexity index is 320. The van der Waals surface area contributed by atoms with Gasteiger partial charge in [-0.05, 0) is 32.4 Å². The van der Waals surface area contributed by atoms with Crippen molar-refractivity contribution < 1.29 is 4.74 Å². The molecule has 0 bridgehead atoms. The van der Waals surface area contributed by atoms with Gasteiger partial charge in [-0.25, -0.2) is 0 Å². The van der Waals surface area contributed by atoms with Gasteiger partial charge in [0.1, 0.15) is 0 Å². The quantitative estimate of drug-likeness (QED) is 0.800. The largest absolute Gasteiger partial charge is 0.375 e. The summed E-state index contributed by atoms with van der Waals surface area (Å²) < 4.78 is 5.55. The van der Waals surface area contributed by atoms with Crippen LogP contribution in [-0.4, -0.2) is 18.7 Å². The van der Waals surface area contributed by atoms with Gasteiger partial charge < -0.3 is 10.1 Å². The van der Waals surface area contributed by atoms with Gasteiger partial charge in [0.15, 0.2) is 0 Å². The van der Waals surface area contributed by atoms with Crippen LogP contribution < -0.4 is 5.32 Å². The zero-order valence-corrected chi connectivity index (χ0v) is 11.0. The van der Waals surface area contributed by atoms with Gasteiger partial charge in [0.05, 0.1) is 13.2 Å². The molecule has 3 heteroatoms. The number of hydrogen-bond acceptors (Lipinski definition) is 2. The fraction of sp³-hybridized carbons (Fsp3) is 0.538. The van der Waals surface area contributed by atoms with E-state index in [0.29, 0.717) is 13.2 Å². The maximum Gasteiger partial charge on any atom is 0.0731 e. The molecule has 1 aromatic rings. The van der Waals surface area contributed by atoms with Gasteiger partial charge in [-0.15, -0.1) is 0 Å². The van der Waals surface area contributed by atoms with Crippen molar-refractivity contribution in [1.29, 1.82) is 0 Å². The Kier molecular flexibility index (Phi) is 5.26. The fourth-order valence-electron chi connectivity index (χ4n) is 1.30. The molecule has 16 heavy (non-hydrogen) atoms. The van der Waals surface area contributed by atoms with Crippen LogP contribution in [0.4, 0.5) is 0 Å². The van der Waals surface area contributed by atoms with E-state index in [2.05, 4.69) is 26.1 Å². The second-order valence-electron chi connectivity index (χ2n) is 4.82. The molecule has 0 aliphatic heterocycles. The molecule has 0 spiro atoms. The van der Waals surface area contributed by atoms with E-state index in [1.807, 2.05) is 24.3 Å². The molecule has 0 aromatic heterocycles. The van der Waals surface area contributed by atoms with Crippen LogP contribution in [0.3, 0.4) is 0 Å². The fourth-order valence-corrected chi connectivity index (χ4v) is 1.49. The Morgan fingerprint density at radius 2 is 1.94 bits per heavy atom. The van der Waals surface area contributed by atoms with Crippen LogP contribution in [-0.2, 0) is 11.3 Å². The second-order valence-corrected chi connectivity index (χ2v) is 5.23. The molecule has 2 nitrogen and oxygen atoms in total. The third kappa shape index (κ3) is 5.50. The summed E-state index contributed by atoms with van der Waals surface area (Å²) in [6.45, 7) is 8.55. The second kappa shape index (κ2) is 6.24. The number of ether oxygens (including phenoxy) is 1. The molecular formula is C13H20ClNO. The van der Waals surface area contributed by atoms with Crippen LogP contribution in [0, 0.1) is 0 Å². The maximum absolute atomic E-state index is 6.01. The lowest BCUT2D eigenvalue weighted by atomic mass is 10.1. The number of halogens is 1. The first kappa shape index (κ1) is 13.5. The average molecular weight is 242 g/mol. The first-order valence-electron chi connectivity index (χ1n) is 5.55. The molecule has 0 aliphatic carbocycles. The van der Waals surface area contributed by atoms with Crippen molar-refractivity contribution in [1.82, 2.24) is 5.32 Å². The molecule has 0 amide bonds. The summed E-state index contributed by atoms with van der Waals surface area (Å²) in [4.78, 5) is 0. The molecule has 1 N–H and O–H groups in total. The highest BCUT2D eigenvalue weighted by atomic mass is 35.5. The first-order chi connectivity index (χ1) is 7.49. The SMILES string of the molecule is CC(C)(C)NCCOCc1ccccc1Cl. The van der Waals surface area contributed by atoms with Crippen LogP contribution in [0.2, 0.25) is 5.02 Å². The van der Waals surface area contributed by atoms with Gasteiger partial charge >= 0.3 is 0 Å². The number of benzene rings is 1. The van der Waals surface area contributed by atoms with Gasteiger partial charge in [0.2, 0.25) is 0 Å². The minimum atomic E-state index is 0.147. The number of rotatable bonds is 5. The zero-order valence-electron chi connectivity index (χ0n) is 10.2. The molecule has 1 aromatic carbocycles. The van der Waals surface area contributed by atoms with E-state index in [4.69, 9.17) is 16.3 Å². The molecule has 0 aliphatic rings. The van der Waals surface area contributed by atoms with Crippen LogP contribution in [0.25, 0.3) is 0 Å². The summed E-state index contributed by atoms with van der Waals surface area (Å²) in [6.07, 6.45) is 0. The monoisotopic (exact) mass is 241 g/mol. The predicted octanol–water partition coefficient (Wildman–Crippen LogP) is 3.24. The molecule has 0 heterocycles. The van der Waals surface area contributed by atoms with Crippen molar-refractivity contribution >= 4 is 11.6 Å². The Morgan fingerprint density at radius 1 is 1.25 bits per heavy atom. The van der Waals surface area contributed by atoms with Crippen LogP contribution in [0.5, 0.6) is 0 Å². The van der Waals surface area contributed by atoms with Gasteiger partial charge in [-0.3, -0.25) is 0 Å². The van der Waals surface area contributed by atoms with Crippen LogP contribution in [0.1, 0.15) is 26.3 Å². The summed E-state index contributed by atoms with van der Waals surface area (Å²) in [6, 6.07) is 7.76. The predicted molar refractivity (Wildman–Crippen MR) is 68.9 cm³/mol. The van der Waals surface area contributed by atoms with E-state index in [9.17, 15) is 0 Å². The Morgan fingerprint density at radius 3 is 2.56 bits per heavy atom. The van der Waals surface area contributed by atoms with E-state index in [0.717, 1.165) is 17.1 Å². The molecule has 0 atom stereocenters. The molecule has 90 valence electrons. The summed E-state index contributed by atoms with van der Waals surface area (Å²) >= 11 is 6.01. The smallest absolute Gasteiger partial charge is 0.0731 e. The van der Waals surface area contributed by atoms with Gasteiger partial charge in [0.25, 0.3) is 0 Å². The minimum Gasteiger partial charge on any atom is -0.375 e. The lowest BCUT2D eigenvalue weighted by molar-refractivity contribution is 0.118. The zero-order chi connectivity index (χ0) is 12.0. The summed E-state index contributed by atoms with van der Waals surface area (Å²) in [5.41, 5.74) is 1.19. The summed E-state index contributed by atoms with van der Waals surface area (Å²) in [5.74, 6) is 0. The Hall–Kier alpha value is -0.570. The molecule has 0 saturated heterocycles. The normalized spacial score (nSPS) is 11.8. The van der Waals surface area contributed by atoms with Crippen molar-refractivity contribution in [3.8, 4) is 0 Å². The van der Waals surface area contributed by atoms with Crippen molar-refractivity contribution in [3.63, 3.8) is 0 Å². The lowest BCUT2D eigenvalue weighted by Crippen LogP contribution is -2.37. The van der Waals surface area contributed by atoms with Crippen molar-refractivity contribution in [3.05, 3.63) is 34.9 Å². The Balaban J connectivity index is 2.19. The number of hydrogen-bond donors (Lipinski definition) is 1. The molecule has 0 saturated carbocycles. The highest BCUT2D eigenvalue weighted by Gasteiger charge is 2.07. The molecule has 0 unspecified atom stereocenters. The van der Waals surface area contributed by atoms with E-state index in [1.54, 1.807) is 0 Å². The minimum absolute atomic E-state index is 0.147. The van der Waals surface area contributed by atoms with E-state index in [1.165, 1.54) is 0 Å². The first-order valence-corrected chi connectivity index (χ1v) is 5.93. The van der Waals surface area contributed by atoms with Gasteiger partial charge in [-0.2, -0.15) is 0 Å². The molecular weight excluding hydrogens is 222 g/mol. The standard InChI is InChI=1S/C13H20ClNO/c1-13(2,3)15-8-9-16-10-11-6-4-5-7-12(11)14/h4-7,15H,8-10H2,1-3H3.